The van der Waals surface area contributed by atoms with Crippen molar-refractivity contribution in [3.63, 3.8) is 0 Å². The van der Waals surface area contributed by atoms with Gasteiger partial charge < -0.3 is 19.3 Å². The molecule has 8 heteroatoms. The van der Waals surface area contributed by atoms with Crippen LogP contribution in [0.2, 0.25) is 0 Å². The van der Waals surface area contributed by atoms with Crippen LogP contribution in [-0.4, -0.2) is 35.8 Å². The van der Waals surface area contributed by atoms with Crippen LogP contribution in [0.15, 0.2) is 6.07 Å². The fourth-order valence-corrected chi connectivity index (χ4v) is 1.77. The van der Waals surface area contributed by atoms with Crippen molar-refractivity contribution in [2.24, 2.45) is 0 Å². The Morgan fingerprint density at radius 1 is 1.14 bits per heavy atom. The van der Waals surface area contributed by atoms with E-state index in [0.29, 0.717) is 0 Å². The molecule has 1 aromatic carbocycles. The standard InChI is InChI=1S/C13H17NO7/c1-4-19-9-7-8(13(15)16)10(14(17)18)12(21-6-3)11(9)20-5-2/h7H,4-6H2,1-3H3,(H,15,16). The first-order chi connectivity index (χ1) is 9.97. The zero-order chi connectivity index (χ0) is 16.0. The zero-order valence-electron chi connectivity index (χ0n) is 12.0. The number of hydrogen-bond acceptors (Lipinski definition) is 6. The minimum atomic E-state index is -1.44. The Labute approximate surface area is 121 Å². The van der Waals surface area contributed by atoms with Crippen LogP contribution in [0.1, 0.15) is 31.1 Å². The number of hydrogen-bond donors (Lipinski definition) is 1. The lowest BCUT2D eigenvalue weighted by Crippen LogP contribution is -2.10. The number of ether oxygens (including phenoxy) is 3. The van der Waals surface area contributed by atoms with Gasteiger partial charge in [-0.15, -0.1) is 0 Å². The summed E-state index contributed by atoms with van der Waals surface area (Å²) in [5, 5.41) is 20.4. The van der Waals surface area contributed by atoms with Gasteiger partial charge in [-0.25, -0.2) is 4.79 Å². The lowest BCUT2D eigenvalue weighted by molar-refractivity contribution is -0.386. The molecule has 21 heavy (non-hydrogen) atoms. The third-order valence-electron chi connectivity index (χ3n) is 2.47. The number of carbonyl (C=O) groups is 1. The fourth-order valence-electron chi connectivity index (χ4n) is 1.77. The Hall–Kier alpha value is -2.51. The van der Waals surface area contributed by atoms with E-state index in [0.717, 1.165) is 6.07 Å². The first-order valence-electron chi connectivity index (χ1n) is 6.44. The normalized spacial score (nSPS) is 10.0. The van der Waals surface area contributed by atoms with Gasteiger partial charge in [-0.05, 0) is 20.8 Å². The Balaban J connectivity index is 3.69. The van der Waals surface area contributed by atoms with Gasteiger partial charge in [-0.2, -0.15) is 0 Å². The smallest absolute Gasteiger partial charge is 0.343 e. The second-order valence-electron chi connectivity index (χ2n) is 3.79. The maximum atomic E-state index is 11.3. The molecule has 0 aromatic heterocycles. The van der Waals surface area contributed by atoms with E-state index in [9.17, 15) is 14.9 Å². The predicted octanol–water partition coefficient (Wildman–Crippen LogP) is 2.49. The molecule has 0 aliphatic heterocycles. The van der Waals surface area contributed by atoms with Crippen LogP contribution >= 0.6 is 0 Å². The summed E-state index contributed by atoms with van der Waals surface area (Å²) in [6.45, 7) is 5.63. The quantitative estimate of drug-likeness (QED) is 0.580. The predicted molar refractivity (Wildman–Crippen MR) is 73.6 cm³/mol. The highest BCUT2D eigenvalue weighted by Crippen LogP contribution is 2.46. The zero-order valence-corrected chi connectivity index (χ0v) is 12.0. The van der Waals surface area contributed by atoms with Crippen molar-refractivity contribution in [3.8, 4) is 17.2 Å². The number of carboxylic acid groups (broad SMARTS) is 1. The largest absolute Gasteiger partial charge is 0.490 e. The average Bonchev–Trinajstić information content (AvgIpc) is 2.41. The molecule has 0 unspecified atom stereocenters. The molecule has 0 bridgehead atoms. The highest BCUT2D eigenvalue weighted by atomic mass is 16.6. The van der Waals surface area contributed by atoms with Crippen LogP contribution in [0.25, 0.3) is 0 Å². The van der Waals surface area contributed by atoms with Gasteiger partial charge in [-0.3, -0.25) is 10.1 Å². The average molecular weight is 299 g/mol. The van der Waals surface area contributed by atoms with Gasteiger partial charge in [0.15, 0.2) is 5.75 Å². The summed E-state index contributed by atoms with van der Waals surface area (Å²) in [7, 11) is 0. The van der Waals surface area contributed by atoms with Crippen LogP contribution in [-0.2, 0) is 0 Å². The number of nitro groups is 1. The molecule has 0 saturated heterocycles. The van der Waals surface area contributed by atoms with Crippen LogP contribution < -0.4 is 14.2 Å². The molecule has 0 aliphatic rings. The Morgan fingerprint density at radius 3 is 2.10 bits per heavy atom. The summed E-state index contributed by atoms with van der Waals surface area (Å²) in [5.74, 6) is -1.52. The lowest BCUT2D eigenvalue weighted by Gasteiger charge is -2.16. The summed E-state index contributed by atoms with van der Waals surface area (Å²) in [6, 6.07) is 1.08. The van der Waals surface area contributed by atoms with Gasteiger partial charge in [0.05, 0.1) is 24.7 Å². The molecule has 0 fully saturated rings. The van der Waals surface area contributed by atoms with Crippen LogP contribution in [0.4, 0.5) is 5.69 Å². The monoisotopic (exact) mass is 299 g/mol. The Kier molecular flexibility index (Phi) is 5.77. The van der Waals surface area contributed by atoms with Crippen molar-refractivity contribution >= 4 is 11.7 Å². The van der Waals surface area contributed by atoms with E-state index in [1.54, 1.807) is 20.8 Å². The molecule has 0 heterocycles. The van der Waals surface area contributed by atoms with E-state index in [-0.39, 0.29) is 37.1 Å². The van der Waals surface area contributed by atoms with Gasteiger partial charge >= 0.3 is 11.7 Å². The molecular weight excluding hydrogens is 282 g/mol. The van der Waals surface area contributed by atoms with Crippen LogP contribution in [0.3, 0.4) is 0 Å². The molecule has 0 atom stereocenters. The van der Waals surface area contributed by atoms with Crippen molar-refractivity contribution in [2.45, 2.75) is 20.8 Å². The highest BCUT2D eigenvalue weighted by molar-refractivity contribution is 5.95. The van der Waals surface area contributed by atoms with Crippen molar-refractivity contribution in [3.05, 3.63) is 21.7 Å². The van der Waals surface area contributed by atoms with E-state index in [2.05, 4.69) is 0 Å². The van der Waals surface area contributed by atoms with E-state index >= 15 is 0 Å². The number of rotatable bonds is 8. The van der Waals surface area contributed by atoms with Gasteiger partial charge in [0.1, 0.15) is 5.56 Å². The van der Waals surface area contributed by atoms with Crippen molar-refractivity contribution < 1.29 is 29.0 Å². The number of benzene rings is 1. The molecule has 1 aromatic rings. The molecule has 8 nitrogen and oxygen atoms in total. The fraction of sp³-hybridized carbons (Fsp3) is 0.462. The lowest BCUT2D eigenvalue weighted by atomic mass is 10.1. The topological polar surface area (TPSA) is 108 Å². The minimum Gasteiger partial charge on any atom is -0.490 e. The number of nitrogens with zero attached hydrogens (tertiary/aromatic N) is 1. The van der Waals surface area contributed by atoms with Crippen molar-refractivity contribution in [1.82, 2.24) is 0 Å². The Bertz CT molecular complexity index is 542. The third kappa shape index (κ3) is 3.53. The first kappa shape index (κ1) is 16.5. The maximum absolute atomic E-state index is 11.3. The second kappa shape index (κ2) is 7.32. The SMILES string of the molecule is CCOc1cc(C(=O)O)c([N+](=O)[O-])c(OCC)c1OCC. The van der Waals surface area contributed by atoms with Gasteiger partial charge in [-0.1, -0.05) is 0 Å². The molecule has 116 valence electrons. The number of carboxylic acids is 1. The molecule has 1 rings (SSSR count). The molecule has 0 aliphatic carbocycles. The summed E-state index contributed by atoms with van der Waals surface area (Å²) in [6.07, 6.45) is 0. The van der Waals surface area contributed by atoms with E-state index in [1.807, 2.05) is 0 Å². The Morgan fingerprint density at radius 2 is 1.67 bits per heavy atom. The second-order valence-corrected chi connectivity index (χ2v) is 3.79. The van der Waals surface area contributed by atoms with Crippen molar-refractivity contribution in [2.75, 3.05) is 19.8 Å². The summed E-state index contributed by atoms with van der Waals surface area (Å²) in [5.41, 5.74) is -1.15. The molecular formula is C13H17NO7. The van der Waals surface area contributed by atoms with E-state index in [1.165, 1.54) is 0 Å². The van der Waals surface area contributed by atoms with Gasteiger partial charge in [0.2, 0.25) is 11.5 Å². The van der Waals surface area contributed by atoms with E-state index in [4.69, 9.17) is 19.3 Å². The van der Waals surface area contributed by atoms with Crippen LogP contribution in [0.5, 0.6) is 17.2 Å². The van der Waals surface area contributed by atoms with E-state index < -0.39 is 22.1 Å². The number of nitro benzene ring substituents is 1. The highest BCUT2D eigenvalue weighted by Gasteiger charge is 2.32. The molecule has 0 amide bonds. The van der Waals surface area contributed by atoms with Gasteiger partial charge in [0.25, 0.3) is 0 Å². The van der Waals surface area contributed by atoms with Crippen molar-refractivity contribution in [1.29, 1.82) is 0 Å². The van der Waals surface area contributed by atoms with Gasteiger partial charge in [0, 0.05) is 6.07 Å². The number of aromatic carboxylic acids is 1. The summed E-state index contributed by atoms with van der Waals surface area (Å²) in [4.78, 5) is 21.7. The molecule has 1 N–H and O–H groups in total. The van der Waals surface area contributed by atoms with Crippen LogP contribution in [0, 0.1) is 10.1 Å². The maximum Gasteiger partial charge on any atom is 0.343 e. The molecule has 0 radical (unpaired) electrons. The molecule has 0 saturated carbocycles. The molecule has 0 spiro atoms. The third-order valence-corrected chi connectivity index (χ3v) is 2.47. The summed E-state index contributed by atoms with van der Waals surface area (Å²) >= 11 is 0. The summed E-state index contributed by atoms with van der Waals surface area (Å²) < 4.78 is 15.9. The first-order valence-corrected chi connectivity index (χ1v) is 6.44. The minimum absolute atomic E-state index is 0.0397.